The second-order valence-corrected chi connectivity index (χ2v) is 10.7. The lowest BCUT2D eigenvalue weighted by atomic mass is 9.77. The smallest absolute Gasteiger partial charge is 0.233 e. The van der Waals surface area contributed by atoms with Crippen LogP contribution in [0.5, 0.6) is 0 Å². The number of halogens is 1. The maximum absolute atomic E-state index is 13.5. The number of nitrogens with one attached hydrogen (secondary N) is 2. The highest BCUT2D eigenvalue weighted by molar-refractivity contribution is 6.30. The average Bonchev–Trinajstić information content (AvgIpc) is 3.30. The lowest BCUT2D eigenvalue weighted by Crippen LogP contribution is -2.44. The Morgan fingerprint density at radius 1 is 0.974 bits per heavy atom. The predicted octanol–water partition coefficient (Wildman–Crippen LogP) is 4.92. The largest absolute Gasteiger partial charge is 0.345 e. The van der Waals surface area contributed by atoms with E-state index < -0.39 is 0 Å². The normalized spacial score (nSPS) is 20.3. The Hall–Kier alpha value is -4.17. The van der Waals surface area contributed by atoms with Gasteiger partial charge in [0.2, 0.25) is 18.3 Å². The minimum absolute atomic E-state index is 0.119. The summed E-state index contributed by atoms with van der Waals surface area (Å²) in [6.45, 7) is 1.89. The van der Waals surface area contributed by atoms with Crippen molar-refractivity contribution in [1.29, 1.82) is 0 Å². The molecule has 9 heteroatoms. The molecule has 0 bridgehead atoms. The molecule has 6 rings (SSSR count). The lowest BCUT2D eigenvalue weighted by Gasteiger charge is -2.36. The standard InChI is InChI=1S/C30H29ClN6O2/c31-26-19-33-29(35-27(26)23-8-4-7-22(15-23)21-5-2-1-3-6-21)34-24-16-25(18-32-17-24)37-14-11-30(28(37)39)9-12-36(20-38)13-10-30/h1-8,15-20,27H,9-14H2,(H2,33,34,35). The zero-order valence-corrected chi connectivity index (χ0v) is 22.1. The minimum atomic E-state index is -0.388. The van der Waals surface area contributed by atoms with Crippen LogP contribution in [-0.2, 0) is 9.59 Å². The Morgan fingerprint density at radius 2 is 1.74 bits per heavy atom. The number of aliphatic imine (C=N–C) groups is 1. The fourth-order valence-corrected chi connectivity index (χ4v) is 5.86. The minimum Gasteiger partial charge on any atom is -0.345 e. The van der Waals surface area contributed by atoms with Crippen molar-refractivity contribution < 1.29 is 9.59 Å². The summed E-state index contributed by atoms with van der Waals surface area (Å²) in [7, 11) is 0. The van der Waals surface area contributed by atoms with E-state index in [0.717, 1.165) is 35.2 Å². The zero-order chi connectivity index (χ0) is 26.8. The van der Waals surface area contributed by atoms with Gasteiger partial charge < -0.3 is 20.4 Å². The van der Waals surface area contributed by atoms with E-state index in [-0.39, 0.29) is 17.4 Å². The maximum Gasteiger partial charge on any atom is 0.233 e. The van der Waals surface area contributed by atoms with Crippen LogP contribution in [0.15, 0.2) is 89.3 Å². The van der Waals surface area contributed by atoms with Crippen LogP contribution in [0.1, 0.15) is 30.9 Å². The first-order valence-corrected chi connectivity index (χ1v) is 13.5. The number of guanidine groups is 1. The highest BCUT2D eigenvalue weighted by Crippen LogP contribution is 2.43. The van der Waals surface area contributed by atoms with Gasteiger partial charge in [0.15, 0.2) is 0 Å². The lowest BCUT2D eigenvalue weighted by molar-refractivity contribution is -0.131. The quantitative estimate of drug-likeness (QED) is 0.449. The molecule has 1 aromatic heterocycles. The van der Waals surface area contributed by atoms with E-state index in [4.69, 9.17) is 16.6 Å². The van der Waals surface area contributed by atoms with Crippen molar-refractivity contribution in [2.24, 2.45) is 10.4 Å². The zero-order valence-electron chi connectivity index (χ0n) is 21.4. The first-order valence-electron chi connectivity index (χ1n) is 13.1. The van der Waals surface area contributed by atoms with E-state index in [1.54, 1.807) is 23.5 Å². The molecule has 8 nitrogen and oxygen atoms in total. The van der Waals surface area contributed by atoms with Crippen molar-refractivity contribution in [3.63, 3.8) is 0 Å². The van der Waals surface area contributed by atoms with Crippen LogP contribution >= 0.6 is 11.6 Å². The molecule has 2 aromatic carbocycles. The topological polar surface area (TPSA) is 89.9 Å². The third-order valence-electron chi connectivity index (χ3n) is 7.89. The highest BCUT2D eigenvalue weighted by atomic mass is 35.5. The van der Waals surface area contributed by atoms with Crippen molar-refractivity contribution >= 4 is 41.3 Å². The molecule has 39 heavy (non-hydrogen) atoms. The molecule has 3 aliphatic rings. The maximum atomic E-state index is 13.5. The number of carbonyl (C=O) groups is 2. The average molecular weight is 541 g/mol. The third kappa shape index (κ3) is 5.00. The molecular weight excluding hydrogens is 512 g/mol. The Kier molecular flexibility index (Phi) is 6.79. The number of hydrogen-bond donors (Lipinski definition) is 2. The van der Waals surface area contributed by atoms with Gasteiger partial charge in [0.1, 0.15) is 6.04 Å². The van der Waals surface area contributed by atoms with Gasteiger partial charge in [-0.15, -0.1) is 0 Å². The van der Waals surface area contributed by atoms with Gasteiger partial charge in [-0.3, -0.25) is 14.6 Å². The summed E-state index contributed by atoms with van der Waals surface area (Å²) in [4.78, 5) is 37.4. The number of anilines is 2. The molecule has 1 unspecified atom stereocenters. The molecule has 3 aliphatic heterocycles. The van der Waals surface area contributed by atoms with Crippen LogP contribution in [0.2, 0.25) is 0 Å². The summed E-state index contributed by atoms with van der Waals surface area (Å²) < 4.78 is 0. The molecule has 3 aromatic rings. The molecule has 2 fully saturated rings. The van der Waals surface area contributed by atoms with Crippen LogP contribution < -0.4 is 15.5 Å². The number of rotatable bonds is 5. The summed E-state index contributed by atoms with van der Waals surface area (Å²) in [6.07, 6.45) is 8.23. The molecule has 2 amide bonds. The van der Waals surface area contributed by atoms with Gasteiger partial charge in [-0.2, -0.15) is 0 Å². The number of hydrogen-bond acceptors (Lipinski definition) is 6. The van der Waals surface area contributed by atoms with E-state index in [1.165, 1.54) is 0 Å². The monoisotopic (exact) mass is 540 g/mol. The Balaban J connectivity index is 1.19. The van der Waals surface area contributed by atoms with E-state index in [1.807, 2.05) is 41.3 Å². The SMILES string of the molecule is O=CN1CCC2(CC1)CCN(c1cncc(NC3=NC(c4cccc(-c5ccccc5)c4)C(Cl)=CN3)c1)C2=O. The van der Waals surface area contributed by atoms with Gasteiger partial charge in [-0.1, -0.05) is 60.1 Å². The first-order chi connectivity index (χ1) is 19.0. The predicted molar refractivity (Wildman–Crippen MR) is 153 cm³/mol. The van der Waals surface area contributed by atoms with Crippen molar-refractivity contribution in [2.75, 3.05) is 29.9 Å². The molecule has 0 saturated carbocycles. The Bertz CT molecular complexity index is 1450. The number of aromatic nitrogens is 1. The van der Waals surface area contributed by atoms with Crippen LogP contribution in [0.3, 0.4) is 0 Å². The van der Waals surface area contributed by atoms with Crippen molar-refractivity contribution in [2.45, 2.75) is 25.3 Å². The van der Waals surface area contributed by atoms with Gasteiger partial charge in [-0.05, 0) is 48.1 Å². The number of carbonyl (C=O) groups excluding carboxylic acids is 2. The van der Waals surface area contributed by atoms with Gasteiger partial charge in [0.25, 0.3) is 0 Å². The van der Waals surface area contributed by atoms with Gasteiger partial charge in [0, 0.05) is 25.8 Å². The van der Waals surface area contributed by atoms with Crippen molar-refractivity contribution in [3.05, 3.63) is 89.9 Å². The number of benzene rings is 2. The molecule has 0 aliphatic carbocycles. The van der Waals surface area contributed by atoms with Crippen molar-refractivity contribution in [3.8, 4) is 11.1 Å². The van der Waals surface area contributed by atoms with E-state index in [2.05, 4.69) is 39.9 Å². The fraction of sp³-hybridized carbons (Fsp3) is 0.267. The molecule has 198 valence electrons. The number of nitrogens with zero attached hydrogens (tertiary/aromatic N) is 4. The summed E-state index contributed by atoms with van der Waals surface area (Å²) in [5.74, 6) is 0.659. The van der Waals surface area contributed by atoms with E-state index in [0.29, 0.717) is 49.2 Å². The third-order valence-corrected chi connectivity index (χ3v) is 8.21. The highest BCUT2D eigenvalue weighted by Gasteiger charge is 2.48. The van der Waals surface area contributed by atoms with Crippen LogP contribution in [0.4, 0.5) is 11.4 Å². The number of amides is 2. The van der Waals surface area contributed by atoms with Gasteiger partial charge in [0.05, 0.1) is 34.2 Å². The molecular formula is C30H29ClN6O2. The van der Waals surface area contributed by atoms with Gasteiger partial charge >= 0.3 is 0 Å². The number of likely N-dealkylation sites (tertiary alicyclic amines) is 1. The Labute approximate surface area is 232 Å². The summed E-state index contributed by atoms with van der Waals surface area (Å²) >= 11 is 6.59. The first kappa shape index (κ1) is 25.1. The second kappa shape index (κ2) is 10.5. The molecule has 1 atom stereocenters. The molecule has 1 spiro atoms. The molecule has 2 N–H and O–H groups in total. The summed E-state index contributed by atoms with van der Waals surface area (Å²) in [5.41, 5.74) is 4.29. The summed E-state index contributed by atoms with van der Waals surface area (Å²) in [5, 5.41) is 7.01. The molecule has 0 radical (unpaired) electrons. The number of pyridine rings is 1. The number of piperidine rings is 1. The summed E-state index contributed by atoms with van der Waals surface area (Å²) in [6, 6.07) is 20.0. The van der Waals surface area contributed by atoms with E-state index in [9.17, 15) is 9.59 Å². The van der Waals surface area contributed by atoms with Crippen LogP contribution in [0, 0.1) is 5.41 Å². The fourth-order valence-electron chi connectivity index (χ4n) is 5.63. The molecule has 2 saturated heterocycles. The van der Waals surface area contributed by atoms with Crippen molar-refractivity contribution in [1.82, 2.24) is 15.2 Å². The van der Waals surface area contributed by atoms with Crippen LogP contribution in [0.25, 0.3) is 11.1 Å². The van der Waals surface area contributed by atoms with Gasteiger partial charge in [-0.25, -0.2) is 4.99 Å². The second-order valence-electron chi connectivity index (χ2n) is 10.2. The van der Waals surface area contributed by atoms with E-state index >= 15 is 0 Å². The van der Waals surface area contributed by atoms with Crippen LogP contribution in [-0.4, -0.2) is 47.8 Å². The molecule has 4 heterocycles. The Morgan fingerprint density at radius 3 is 2.54 bits per heavy atom.